The molecule has 1 heterocycles. The molecule has 0 spiro atoms. The number of ether oxygens (including phenoxy) is 1. The van der Waals surface area contributed by atoms with Gasteiger partial charge in [-0.1, -0.05) is 13.8 Å². The van der Waals surface area contributed by atoms with Gasteiger partial charge in [0.25, 0.3) is 0 Å². The lowest BCUT2D eigenvalue weighted by atomic mass is 10.1. The predicted octanol–water partition coefficient (Wildman–Crippen LogP) is 3.13. The van der Waals surface area contributed by atoms with Gasteiger partial charge in [0.2, 0.25) is 0 Å². The SMILES string of the molecule is CCNC(c1ccc(C)s1)C(CC)OC. The first kappa shape index (κ1) is 12.7. The molecule has 0 aliphatic carbocycles. The summed E-state index contributed by atoms with van der Waals surface area (Å²) in [5.41, 5.74) is 0. The second-order valence-corrected chi connectivity index (χ2v) is 4.99. The van der Waals surface area contributed by atoms with Crippen molar-refractivity contribution in [2.24, 2.45) is 0 Å². The monoisotopic (exact) mass is 227 g/mol. The highest BCUT2D eigenvalue weighted by Gasteiger charge is 2.21. The van der Waals surface area contributed by atoms with E-state index in [0.717, 1.165) is 13.0 Å². The van der Waals surface area contributed by atoms with Crippen LogP contribution in [0.25, 0.3) is 0 Å². The third kappa shape index (κ3) is 3.30. The molecule has 1 N–H and O–H groups in total. The van der Waals surface area contributed by atoms with Gasteiger partial charge in [0.05, 0.1) is 12.1 Å². The Morgan fingerprint density at radius 1 is 1.40 bits per heavy atom. The molecule has 2 unspecified atom stereocenters. The second kappa shape index (κ2) is 6.26. The topological polar surface area (TPSA) is 21.3 Å². The molecule has 0 amide bonds. The summed E-state index contributed by atoms with van der Waals surface area (Å²) in [7, 11) is 1.79. The minimum atomic E-state index is 0.267. The average molecular weight is 227 g/mol. The fraction of sp³-hybridized carbons (Fsp3) is 0.667. The summed E-state index contributed by atoms with van der Waals surface area (Å²) in [5, 5.41) is 3.50. The Kier molecular flexibility index (Phi) is 5.29. The number of thiophene rings is 1. The standard InChI is InChI=1S/C12H21NOS/c1-5-10(14-4)12(13-6-2)11-8-7-9(3)15-11/h7-8,10,12-13H,5-6H2,1-4H3. The Balaban J connectivity index is 2.81. The smallest absolute Gasteiger partial charge is 0.0771 e. The van der Waals surface area contributed by atoms with Crippen LogP contribution in [0.5, 0.6) is 0 Å². The molecule has 3 heteroatoms. The van der Waals surface area contributed by atoms with Crippen LogP contribution >= 0.6 is 11.3 Å². The van der Waals surface area contributed by atoms with Crippen molar-refractivity contribution in [3.63, 3.8) is 0 Å². The molecule has 0 aliphatic rings. The molecule has 0 aromatic carbocycles. The number of nitrogens with one attached hydrogen (secondary N) is 1. The van der Waals surface area contributed by atoms with E-state index in [1.807, 2.05) is 11.3 Å². The Bertz CT molecular complexity index is 281. The highest BCUT2D eigenvalue weighted by atomic mass is 32.1. The van der Waals surface area contributed by atoms with Gasteiger partial charge in [-0.2, -0.15) is 0 Å². The fourth-order valence-electron chi connectivity index (χ4n) is 1.79. The highest BCUT2D eigenvalue weighted by molar-refractivity contribution is 7.12. The van der Waals surface area contributed by atoms with Crippen LogP contribution in [0.2, 0.25) is 0 Å². The van der Waals surface area contributed by atoms with Gasteiger partial charge >= 0.3 is 0 Å². The molecule has 2 atom stereocenters. The first-order valence-corrected chi connectivity index (χ1v) is 6.37. The molecule has 0 aliphatic heterocycles. The number of hydrogen-bond acceptors (Lipinski definition) is 3. The lowest BCUT2D eigenvalue weighted by molar-refractivity contribution is 0.0667. The van der Waals surface area contributed by atoms with Crippen LogP contribution in [0.3, 0.4) is 0 Å². The van der Waals surface area contributed by atoms with Crippen LogP contribution in [0, 0.1) is 6.92 Å². The molecular weight excluding hydrogens is 206 g/mol. The Labute approximate surface area is 96.7 Å². The van der Waals surface area contributed by atoms with E-state index in [4.69, 9.17) is 4.74 Å². The van der Waals surface area contributed by atoms with Crippen molar-refractivity contribution in [1.82, 2.24) is 5.32 Å². The van der Waals surface area contributed by atoms with E-state index >= 15 is 0 Å². The van der Waals surface area contributed by atoms with Gasteiger partial charge in [-0.15, -0.1) is 11.3 Å². The normalized spacial score (nSPS) is 15.2. The minimum Gasteiger partial charge on any atom is -0.379 e. The number of rotatable bonds is 6. The van der Waals surface area contributed by atoms with Crippen LogP contribution in [0.4, 0.5) is 0 Å². The number of aryl methyl sites for hydroxylation is 1. The van der Waals surface area contributed by atoms with E-state index < -0.39 is 0 Å². The van der Waals surface area contributed by atoms with E-state index in [1.165, 1.54) is 9.75 Å². The van der Waals surface area contributed by atoms with E-state index in [9.17, 15) is 0 Å². The molecule has 0 radical (unpaired) electrons. The summed E-state index contributed by atoms with van der Waals surface area (Å²) in [5.74, 6) is 0. The molecule has 0 fully saturated rings. The van der Waals surface area contributed by atoms with Crippen LogP contribution in [-0.4, -0.2) is 19.8 Å². The molecule has 1 aromatic rings. The summed E-state index contributed by atoms with van der Waals surface area (Å²) < 4.78 is 5.52. The number of methoxy groups -OCH3 is 1. The van der Waals surface area contributed by atoms with Crippen LogP contribution in [0.15, 0.2) is 12.1 Å². The largest absolute Gasteiger partial charge is 0.379 e. The van der Waals surface area contributed by atoms with E-state index in [1.54, 1.807) is 7.11 Å². The Morgan fingerprint density at radius 3 is 2.53 bits per heavy atom. The van der Waals surface area contributed by atoms with Gasteiger partial charge < -0.3 is 10.1 Å². The minimum absolute atomic E-state index is 0.267. The maximum atomic E-state index is 5.52. The van der Waals surface area contributed by atoms with Crippen molar-refractivity contribution >= 4 is 11.3 Å². The van der Waals surface area contributed by atoms with Crippen molar-refractivity contribution in [2.75, 3.05) is 13.7 Å². The second-order valence-electron chi connectivity index (χ2n) is 3.67. The number of hydrogen-bond donors (Lipinski definition) is 1. The highest BCUT2D eigenvalue weighted by Crippen LogP contribution is 2.27. The quantitative estimate of drug-likeness (QED) is 0.806. The zero-order valence-electron chi connectivity index (χ0n) is 10.0. The van der Waals surface area contributed by atoms with Gasteiger partial charge in [-0.25, -0.2) is 0 Å². The van der Waals surface area contributed by atoms with Crippen molar-refractivity contribution in [2.45, 2.75) is 39.3 Å². The maximum absolute atomic E-state index is 5.52. The molecule has 0 saturated carbocycles. The van der Waals surface area contributed by atoms with Crippen LogP contribution in [-0.2, 0) is 4.74 Å². The van der Waals surface area contributed by atoms with Gasteiger partial charge in [0.1, 0.15) is 0 Å². The Hall–Kier alpha value is -0.380. The Morgan fingerprint density at radius 2 is 2.13 bits per heavy atom. The van der Waals surface area contributed by atoms with E-state index in [2.05, 4.69) is 38.2 Å². The molecule has 0 saturated heterocycles. The summed E-state index contributed by atoms with van der Waals surface area (Å²) in [6, 6.07) is 4.71. The van der Waals surface area contributed by atoms with Crippen molar-refractivity contribution in [3.8, 4) is 0 Å². The zero-order chi connectivity index (χ0) is 11.3. The first-order chi connectivity index (χ1) is 7.22. The molecular formula is C12H21NOS. The summed E-state index contributed by atoms with van der Waals surface area (Å²) in [6.45, 7) is 7.42. The average Bonchev–Trinajstić information content (AvgIpc) is 2.65. The molecule has 86 valence electrons. The molecule has 1 rings (SSSR count). The lowest BCUT2D eigenvalue weighted by Gasteiger charge is -2.24. The summed E-state index contributed by atoms with van der Waals surface area (Å²) in [4.78, 5) is 2.74. The van der Waals surface area contributed by atoms with Crippen LogP contribution in [0.1, 0.15) is 36.1 Å². The molecule has 15 heavy (non-hydrogen) atoms. The van der Waals surface area contributed by atoms with Gasteiger partial charge in [-0.05, 0) is 32.0 Å². The van der Waals surface area contributed by atoms with Crippen molar-refractivity contribution in [3.05, 3.63) is 21.9 Å². The lowest BCUT2D eigenvalue weighted by Crippen LogP contribution is -2.32. The summed E-state index contributed by atoms with van der Waals surface area (Å²) in [6.07, 6.45) is 1.30. The van der Waals surface area contributed by atoms with Crippen molar-refractivity contribution < 1.29 is 4.74 Å². The molecule has 0 bridgehead atoms. The van der Waals surface area contributed by atoms with Crippen LogP contribution < -0.4 is 5.32 Å². The van der Waals surface area contributed by atoms with Crippen molar-refractivity contribution in [1.29, 1.82) is 0 Å². The first-order valence-electron chi connectivity index (χ1n) is 5.55. The van der Waals surface area contributed by atoms with E-state index in [0.29, 0.717) is 6.04 Å². The maximum Gasteiger partial charge on any atom is 0.0771 e. The summed E-state index contributed by atoms with van der Waals surface area (Å²) >= 11 is 1.85. The molecule has 1 aromatic heterocycles. The fourth-order valence-corrected chi connectivity index (χ4v) is 2.80. The molecule has 2 nitrogen and oxygen atoms in total. The predicted molar refractivity (Wildman–Crippen MR) is 66.6 cm³/mol. The third-order valence-electron chi connectivity index (χ3n) is 2.57. The zero-order valence-corrected chi connectivity index (χ0v) is 10.9. The van der Waals surface area contributed by atoms with Gasteiger partial charge in [0, 0.05) is 16.9 Å². The van der Waals surface area contributed by atoms with Gasteiger partial charge in [0.15, 0.2) is 0 Å². The van der Waals surface area contributed by atoms with Gasteiger partial charge in [-0.3, -0.25) is 0 Å². The van der Waals surface area contributed by atoms with E-state index in [-0.39, 0.29) is 6.10 Å². The number of likely N-dealkylation sites (N-methyl/N-ethyl adjacent to an activating group) is 1. The third-order valence-corrected chi connectivity index (χ3v) is 3.65.